The SMILES string of the molecule is Cc1nnc(C23CCN(C(=O)c4ncccn4)CC2CN(Cc2ccccc2)C3)o1. The number of benzene rings is 1. The van der Waals surface area contributed by atoms with Gasteiger partial charge in [-0.1, -0.05) is 30.3 Å². The van der Waals surface area contributed by atoms with E-state index in [0.717, 1.165) is 26.1 Å². The van der Waals surface area contributed by atoms with Gasteiger partial charge in [0.1, 0.15) is 0 Å². The predicted molar refractivity (Wildman–Crippen MR) is 108 cm³/mol. The van der Waals surface area contributed by atoms with Crippen LogP contribution in [-0.4, -0.2) is 62.1 Å². The fraction of sp³-hybridized carbons (Fsp3) is 0.409. The highest BCUT2D eigenvalue weighted by Gasteiger charge is 2.54. The third-order valence-electron chi connectivity index (χ3n) is 6.28. The Morgan fingerprint density at radius 1 is 1.13 bits per heavy atom. The van der Waals surface area contributed by atoms with Crippen molar-refractivity contribution in [1.29, 1.82) is 0 Å². The Morgan fingerprint density at radius 3 is 2.67 bits per heavy atom. The Balaban J connectivity index is 1.41. The molecule has 2 aromatic heterocycles. The molecule has 8 nitrogen and oxygen atoms in total. The molecule has 4 heterocycles. The van der Waals surface area contributed by atoms with Gasteiger partial charge >= 0.3 is 0 Å². The van der Waals surface area contributed by atoms with Crippen molar-refractivity contribution >= 4 is 5.91 Å². The lowest BCUT2D eigenvalue weighted by atomic mass is 9.72. The molecule has 30 heavy (non-hydrogen) atoms. The third-order valence-corrected chi connectivity index (χ3v) is 6.28. The maximum Gasteiger partial charge on any atom is 0.291 e. The van der Waals surface area contributed by atoms with Crippen LogP contribution in [0.15, 0.2) is 53.2 Å². The van der Waals surface area contributed by atoms with Crippen LogP contribution >= 0.6 is 0 Å². The zero-order chi connectivity index (χ0) is 20.6. The summed E-state index contributed by atoms with van der Waals surface area (Å²) in [6.07, 6.45) is 3.99. The van der Waals surface area contributed by atoms with E-state index in [1.54, 1.807) is 18.5 Å². The fourth-order valence-electron chi connectivity index (χ4n) is 4.83. The number of carbonyl (C=O) groups is 1. The highest BCUT2D eigenvalue weighted by molar-refractivity contribution is 5.90. The number of hydrogen-bond donors (Lipinski definition) is 0. The number of rotatable bonds is 4. The summed E-state index contributed by atoms with van der Waals surface area (Å²) >= 11 is 0. The standard InChI is InChI=1S/C22H24N6O2/c1-16-25-26-21(30-16)22-8-11-28(20(29)19-23-9-5-10-24-19)14-18(22)13-27(15-22)12-17-6-3-2-4-7-17/h2-7,9-10,18H,8,11-15H2,1H3. The molecule has 2 aliphatic rings. The second kappa shape index (κ2) is 7.60. The Morgan fingerprint density at radius 2 is 1.93 bits per heavy atom. The van der Waals surface area contributed by atoms with E-state index >= 15 is 0 Å². The second-order valence-electron chi connectivity index (χ2n) is 8.21. The number of amides is 1. The molecule has 0 N–H and O–H groups in total. The third kappa shape index (κ3) is 3.37. The van der Waals surface area contributed by atoms with Gasteiger partial charge in [-0.05, 0) is 18.1 Å². The smallest absolute Gasteiger partial charge is 0.291 e. The zero-order valence-corrected chi connectivity index (χ0v) is 16.9. The summed E-state index contributed by atoms with van der Waals surface area (Å²) in [7, 11) is 0. The number of aromatic nitrogens is 4. The van der Waals surface area contributed by atoms with Gasteiger partial charge in [0.05, 0.1) is 5.41 Å². The molecule has 0 saturated carbocycles. The largest absolute Gasteiger partial charge is 0.425 e. The summed E-state index contributed by atoms with van der Waals surface area (Å²) in [6.45, 7) is 5.65. The number of hydrogen-bond acceptors (Lipinski definition) is 7. The van der Waals surface area contributed by atoms with Crippen LogP contribution in [0.1, 0.15) is 34.4 Å². The summed E-state index contributed by atoms with van der Waals surface area (Å²) < 4.78 is 5.93. The van der Waals surface area contributed by atoms with Gasteiger partial charge in [0.25, 0.3) is 5.91 Å². The molecule has 0 radical (unpaired) electrons. The molecule has 2 atom stereocenters. The first-order chi connectivity index (χ1) is 14.6. The quantitative estimate of drug-likeness (QED) is 0.658. The Hall–Kier alpha value is -3.13. The number of fused-ring (bicyclic) bond motifs is 1. The van der Waals surface area contributed by atoms with E-state index in [1.807, 2.05) is 17.9 Å². The number of carbonyl (C=O) groups excluding carboxylic acids is 1. The zero-order valence-electron chi connectivity index (χ0n) is 16.9. The lowest BCUT2D eigenvalue weighted by molar-refractivity contribution is 0.0556. The van der Waals surface area contributed by atoms with Crippen molar-refractivity contribution in [3.63, 3.8) is 0 Å². The highest BCUT2D eigenvalue weighted by Crippen LogP contribution is 2.45. The number of nitrogens with zero attached hydrogens (tertiary/aromatic N) is 6. The summed E-state index contributed by atoms with van der Waals surface area (Å²) in [4.78, 5) is 25.5. The molecule has 0 spiro atoms. The molecule has 0 aliphatic carbocycles. The first-order valence-corrected chi connectivity index (χ1v) is 10.3. The molecule has 0 bridgehead atoms. The first kappa shape index (κ1) is 18.9. The summed E-state index contributed by atoms with van der Waals surface area (Å²) in [5, 5.41) is 8.49. The van der Waals surface area contributed by atoms with Crippen molar-refractivity contribution in [2.45, 2.75) is 25.3 Å². The van der Waals surface area contributed by atoms with Crippen molar-refractivity contribution in [2.75, 3.05) is 26.2 Å². The Labute approximate surface area is 175 Å². The van der Waals surface area contributed by atoms with Gasteiger partial charge in [0, 0.05) is 58.0 Å². The molecule has 1 amide bonds. The van der Waals surface area contributed by atoms with Gasteiger partial charge in [0.2, 0.25) is 17.6 Å². The van der Waals surface area contributed by atoms with Crippen molar-refractivity contribution in [1.82, 2.24) is 30.0 Å². The van der Waals surface area contributed by atoms with E-state index in [9.17, 15) is 4.79 Å². The monoisotopic (exact) mass is 404 g/mol. The Kier molecular flexibility index (Phi) is 4.78. The van der Waals surface area contributed by atoms with E-state index in [2.05, 4.69) is 49.3 Å². The molecule has 3 aromatic rings. The molecule has 2 unspecified atom stereocenters. The summed E-state index contributed by atoms with van der Waals surface area (Å²) in [5.41, 5.74) is 1.04. The van der Waals surface area contributed by atoms with Gasteiger partial charge in [-0.25, -0.2) is 9.97 Å². The normalized spacial score (nSPS) is 24.0. The fourth-order valence-corrected chi connectivity index (χ4v) is 4.83. The van der Waals surface area contributed by atoms with Crippen molar-refractivity contribution in [3.05, 3.63) is 72.0 Å². The van der Waals surface area contributed by atoms with Crippen LogP contribution in [0.4, 0.5) is 0 Å². The molecule has 2 fully saturated rings. The van der Waals surface area contributed by atoms with E-state index in [-0.39, 0.29) is 23.1 Å². The number of aryl methyl sites for hydroxylation is 1. The molecule has 154 valence electrons. The minimum absolute atomic E-state index is 0.118. The van der Waals surface area contributed by atoms with E-state index in [4.69, 9.17) is 4.42 Å². The lowest BCUT2D eigenvalue weighted by Crippen LogP contribution is -2.51. The average molecular weight is 404 g/mol. The molecule has 5 rings (SSSR count). The van der Waals surface area contributed by atoms with Crippen molar-refractivity contribution < 1.29 is 9.21 Å². The van der Waals surface area contributed by atoms with Gasteiger partial charge in [-0.3, -0.25) is 9.69 Å². The van der Waals surface area contributed by atoms with Gasteiger partial charge < -0.3 is 9.32 Å². The molecule has 2 saturated heterocycles. The minimum Gasteiger partial charge on any atom is -0.425 e. The maximum absolute atomic E-state index is 12.9. The number of piperidine rings is 1. The lowest BCUT2D eigenvalue weighted by Gasteiger charge is -2.41. The van der Waals surface area contributed by atoms with E-state index in [0.29, 0.717) is 24.9 Å². The van der Waals surface area contributed by atoms with Gasteiger partial charge in [-0.2, -0.15) is 0 Å². The van der Waals surface area contributed by atoms with E-state index in [1.165, 1.54) is 5.56 Å². The van der Waals surface area contributed by atoms with Crippen LogP contribution in [0.2, 0.25) is 0 Å². The predicted octanol–water partition coefficient (Wildman–Crippen LogP) is 2.08. The highest BCUT2D eigenvalue weighted by atomic mass is 16.4. The van der Waals surface area contributed by atoms with Crippen molar-refractivity contribution in [2.24, 2.45) is 5.92 Å². The van der Waals surface area contributed by atoms with Crippen LogP contribution in [0, 0.1) is 12.8 Å². The minimum atomic E-state index is -0.232. The molecular weight excluding hydrogens is 380 g/mol. The Bertz CT molecular complexity index is 1020. The van der Waals surface area contributed by atoms with Crippen molar-refractivity contribution in [3.8, 4) is 0 Å². The van der Waals surface area contributed by atoms with Crippen LogP contribution in [-0.2, 0) is 12.0 Å². The summed E-state index contributed by atoms with van der Waals surface area (Å²) in [6, 6.07) is 12.2. The first-order valence-electron chi connectivity index (χ1n) is 10.3. The average Bonchev–Trinajstić information content (AvgIpc) is 3.38. The second-order valence-corrected chi connectivity index (χ2v) is 8.21. The topological polar surface area (TPSA) is 88.2 Å². The van der Waals surface area contributed by atoms with Gasteiger partial charge in [-0.15, -0.1) is 10.2 Å². The van der Waals surface area contributed by atoms with Crippen LogP contribution in [0.3, 0.4) is 0 Å². The summed E-state index contributed by atoms with van der Waals surface area (Å²) in [5.74, 6) is 1.62. The van der Waals surface area contributed by atoms with Crippen LogP contribution in [0.25, 0.3) is 0 Å². The molecule has 2 aliphatic heterocycles. The van der Waals surface area contributed by atoms with Crippen LogP contribution < -0.4 is 0 Å². The maximum atomic E-state index is 12.9. The van der Waals surface area contributed by atoms with Gasteiger partial charge in [0.15, 0.2) is 0 Å². The van der Waals surface area contributed by atoms with Crippen LogP contribution in [0.5, 0.6) is 0 Å². The molecule has 8 heteroatoms. The molecular formula is C22H24N6O2. The molecule has 1 aromatic carbocycles. The van der Waals surface area contributed by atoms with E-state index < -0.39 is 0 Å². The number of likely N-dealkylation sites (tertiary alicyclic amines) is 2.